The lowest BCUT2D eigenvalue weighted by molar-refractivity contribution is -0.147. The van der Waals surface area contributed by atoms with Crippen molar-refractivity contribution in [2.45, 2.75) is 36.9 Å². The molecule has 3 atom stereocenters. The number of fused-ring (bicyclic) bond motifs is 2. The molecule has 21 heavy (non-hydrogen) atoms. The molecule has 0 unspecified atom stereocenters. The molecule has 0 aromatic heterocycles. The highest BCUT2D eigenvalue weighted by Crippen LogP contribution is 2.55. The summed E-state index contributed by atoms with van der Waals surface area (Å²) < 4.78 is 6.30. The number of rotatable bonds is 2. The smallest absolute Gasteiger partial charge is 0.161 e. The minimum Gasteiger partial charge on any atom is -0.359 e. The molecule has 2 aromatic carbocycles. The third-order valence-electron chi connectivity index (χ3n) is 4.93. The molecule has 2 fully saturated rings. The lowest BCUT2D eigenvalue weighted by Crippen LogP contribution is -2.37. The molecular formula is C19H18O2. The van der Waals surface area contributed by atoms with E-state index in [-0.39, 0.29) is 23.4 Å². The largest absolute Gasteiger partial charge is 0.359 e. The zero-order chi connectivity index (χ0) is 14.3. The highest BCUT2D eigenvalue weighted by atomic mass is 16.5. The topological polar surface area (TPSA) is 26.3 Å². The summed E-state index contributed by atoms with van der Waals surface area (Å²) in [4.78, 5) is 12.1. The van der Waals surface area contributed by atoms with Crippen molar-refractivity contribution in [1.29, 1.82) is 0 Å². The first kappa shape index (κ1) is 12.8. The van der Waals surface area contributed by atoms with E-state index >= 15 is 0 Å². The van der Waals surface area contributed by atoms with Gasteiger partial charge in [-0.2, -0.15) is 0 Å². The summed E-state index contributed by atoms with van der Waals surface area (Å²) in [5.74, 6) is 0.525. The molecule has 0 aliphatic carbocycles. The summed E-state index contributed by atoms with van der Waals surface area (Å²) in [6.07, 6.45) is 1.98. The van der Waals surface area contributed by atoms with Crippen LogP contribution in [0.15, 0.2) is 60.7 Å². The Balaban J connectivity index is 1.83. The SMILES string of the molecule is O=C1CC[C@@]2(c3ccccc3)O[C@@H]1C[C@@H]2c1ccccc1. The highest BCUT2D eigenvalue weighted by molar-refractivity contribution is 5.85. The van der Waals surface area contributed by atoms with Crippen LogP contribution in [0.1, 0.15) is 36.3 Å². The molecule has 2 heteroatoms. The van der Waals surface area contributed by atoms with Gasteiger partial charge >= 0.3 is 0 Å². The molecule has 0 saturated carbocycles. The quantitative estimate of drug-likeness (QED) is 0.834. The van der Waals surface area contributed by atoms with Crippen LogP contribution in [0.2, 0.25) is 0 Å². The molecule has 0 amide bonds. The molecule has 2 aliphatic heterocycles. The van der Waals surface area contributed by atoms with Crippen LogP contribution >= 0.6 is 0 Å². The Morgan fingerprint density at radius 1 is 0.952 bits per heavy atom. The van der Waals surface area contributed by atoms with Crippen LogP contribution in [-0.4, -0.2) is 11.9 Å². The average Bonchev–Trinajstić information content (AvgIpc) is 2.89. The van der Waals surface area contributed by atoms with Crippen LogP contribution in [0.4, 0.5) is 0 Å². The van der Waals surface area contributed by atoms with Crippen molar-refractivity contribution in [3.8, 4) is 0 Å². The van der Waals surface area contributed by atoms with Crippen LogP contribution in [0.25, 0.3) is 0 Å². The lowest BCUT2D eigenvalue weighted by atomic mass is 9.75. The summed E-state index contributed by atoms with van der Waals surface area (Å²) >= 11 is 0. The molecule has 106 valence electrons. The van der Waals surface area contributed by atoms with Crippen molar-refractivity contribution in [2.75, 3.05) is 0 Å². The van der Waals surface area contributed by atoms with Crippen molar-refractivity contribution in [1.82, 2.24) is 0 Å². The van der Waals surface area contributed by atoms with E-state index in [1.54, 1.807) is 0 Å². The maximum absolute atomic E-state index is 12.1. The van der Waals surface area contributed by atoms with E-state index in [0.717, 1.165) is 12.8 Å². The van der Waals surface area contributed by atoms with Gasteiger partial charge in [0.1, 0.15) is 11.7 Å². The van der Waals surface area contributed by atoms with Crippen LogP contribution in [0.3, 0.4) is 0 Å². The second kappa shape index (κ2) is 4.81. The molecule has 2 aliphatic rings. The summed E-state index contributed by atoms with van der Waals surface area (Å²) in [5.41, 5.74) is 2.15. The fraction of sp³-hybridized carbons (Fsp3) is 0.316. The monoisotopic (exact) mass is 278 g/mol. The second-order valence-electron chi connectivity index (χ2n) is 6.03. The lowest BCUT2D eigenvalue weighted by Gasteiger charge is -2.37. The minimum atomic E-state index is -0.332. The van der Waals surface area contributed by atoms with Crippen molar-refractivity contribution < 1.29 is 9.53 Å². The van der Waals surface area contributed by atoms with Crippen LogP contribution < -0.4 is 0 Å². The van der Waals surface area contributed by atoms with E-state index in [2.05, 4.69) is 48.5 Å². The van der Waals surface area contributed by atoms with E-state index in [1.807, 2.05) is 12.1 Å². The Morgan fingerprint density at radius 2 is 1.62 bits per heavy atom. The zero-order valence-corrected chi connectivity index (χ0v) is 11.9. The number of carbonyl (C=O) groups is 1. The van der Waals surface area contributed by atoms with Gasteiger partial charge in [0.25, 0.3) is 0 Å². The summed E-state index contributed by atoms with van der Waals surface area (Å²) in [5, 5.41) is 0. The van der Waals surface area contributed by atoms with Crippen molar-refractivity contribution in [3.05, 3.63) is 71.8 Å². The van der Waals surface area contributed by atoms with Crippen LogP contribution in [-0.2, 0) is 15.1 Å². The van der Waals surface area contributed by atoms with Crippen molar-refractivity contribution in [3.63, 3.8) is 0 Å². The molecule has 2 nitrogen and oxygen atoms in total. The molecule has 2 saturated heterocycles. The minimum absolute atomic E-state index is 0.232. The molecule has 2 heterocycles. The Labute approximate surface area is 124 Å². The Morgan fingerprint density at radius 3 is 2.33 bits per heavy atom. The molecule has 4 rings (SSSR count). The van der Waals surface area contributed by atoms with Gasteiger partial charge in [-0.1, -0.05) is 60.7 Å². The van der Waals surface area contributed by atoms with E-state index in [1.165, 1.54) is 11.1 Å². The van der Waals surface area contributed by atoms with Gasteiger partial charge in [0.2, 0.25) is 0 Å². The van der Waals surface area contributed by atoms with E-state index < -0.39 is 0 Å². The first-order valence-electron chi connectivity index (χ1n) is 7.60. The third-order valence-corrected chi connectivity index (χ3v) is 4.93. The summed E-state index contributed by atoms with van der Waals surface area (Å²) in [6, 6.07) is 20.9. The second-order valence-corrected chi connectivity index (χ2v) is 6.03. The van der Waals surface area contributed by atoms with E-state index in [9.17, 15) is 4.79 Å². The van der Waals surface area contributed by atoms with Gasteiger partial charge in [0, 0.05) is 12.3 Å². The predicted molar refractivity (Wildman–Crippen MR) is 81.0 cm³/mol. The average molecular weight is 278 g/mol. The van der Waals surface area contributed by atoms with Gasteiger partial charge in [-0.05, 0) is 24.0 Å². The molecular weight excluding hydrogens is 260 g/mol. The summed E-state index contributed by atoms with van der Waals surface area (Å²) in [6.45, 7) is 0. The van der Waals surface area contributed by atoms with Crippen molar-refractivity contribution in [2.24, 2.45) is 0 Å². The Hall–Kier alpha value is -1.93. The Kier molecular flexibility index (Phi) is 2.93. The number of benzene rings is 2. The summed E-state index contributed by atoms with van der Waals surface area (Å²) in [7, 11) is 0. The van der Waals surface area contributed by atoms with Gasteiger partial charge in [0.15, 0.2) is 5.78 Å². The van der Waals surface area contributed by atoms with E-state index in [0.29, 0.717) is 6.42 Å². The number of carbonyl (C=O) groups excluding carboxylic acids is 1. The highest BCUT2D eigenvalue weighted by Gasteiger charge is 2.55. The maximum Gasteiger partial charge on any atom is 0.161 e. The maximum atomic E-state index is 12.1. The molecule has 2 bridgehead atoms. The number of ketones is 1. The van der Waals surface area contributed by atoms with Gasteiger partial charge in [0.05, 0.1) is 0 Å². The number of Topliss-reactive ketones (excluding diaryl/α,β-unsaturated/α-hetero) is 1. The molecule has 0 N–H and O–H groups in total. The molecule has 0 radical (unpaired) electrons. The third kappa shape index (κ3) is 1.94. The van der Waals surface area contributed by atoms with Gasteiger partial charge in [-0.25, -0.2) is 0 Å². The van der Waals surface area contributed by atoms with Gasteiger partial charge in [-0.3, -0.25) is 4.79 Å². The number of hydrogen-bond donors (Lipinski definition) is 0. The van der Waals surface area contributed by atoms with Gasteiger partial charge in [-0.15, -0.1) is 0 Å². The molecule has 2 aromatic rings. The molecule has 0 spiro atoms. The zero-order valence-electron chi connectivity index (χ0n) is 11.9. The van der Waals surface area contributed by atoms with Crippen LogP contribution in [0, 0.1) is 0 Å². The van der Waals surface area contributed by atoms with E-state index in [4.69, 9.17) is 4.74 Å². The van der Waals surface area contributed by atoms with Crippen LogP contribution in [0.5, 0.6) is 0 Å². The first-order chi connectivity index (χ1) is 10.3. The fourth-order valence-electron chi connectivity index (χ4n) is 3.91. The predicted octanol–water partition coefficient (Wildman–Crippen LogP) is 3.82. The van der Waals surface area contributed by atoms with Gasteiger partial charge < -0.3 is 4.74 Å². The normalized spacial score (nSPS) is 31.3. The standard InChI is InChI=1S/C19H18O2/c20-17-11-12-19(15-9-5-2-6-10-15)16(13-18(17)21-19)14-7-3-1-4-8-14/h1-10,16,18H,11-13H2/t16-,18-,19+/m1/s1. The fourth-order valence-corrected chi connectivity index (χ4v) is 3.91. The number of ether oxygens (including phenoxy) is 1. The number of hydrogen-bond acceptors (Lipinski definition) is 2. The Bertz CT molecular complexity index is 650. The van der Waals surface area contributed by atoms with Crippen molar-refractivity contribution >= 4 is 5.78 Å². The first-order valence-corrected chi connectivity index (χ1v) is 7.60.